The van der Waals surface area contributed by atoms with E-state index in [1.807, 2.05) is 20.8 Å². The number of amides is 2. The highest BCUT2D eigenvalue weighted by Crippen LogP contribution is 2.20. The number of ether oxygens (including phenoxy) is 1. The Balaban J connectivity index is 1.78. The van der Waals surface area contributed by atoms with E-state index in [2.05, 4.69) is 48.3 Å². The lowest BCUT2D eigenvalue weighted by molar-refractivity contribution is -0.124. The maximum Gasteiger partial charge on any atom is 0.410 e. The molecule has 6 heteroatoms. The third-order valence-corrected chi connectivity index (χ3v) is 4.64. The van der Waals surface area contributed by atoms with Crippen molar-refractivity contribution in [3.8, 4) is 0 Å². The van der Waals surface area contributed by atoms with Crippen LogP contribution in [0.1, 0.15) is 39.7 Å². The summed E-state index contributed by atoms with van der Waals surface area (Å²) in [5.74, 6) is -0.145. The standard InChI is InChI=1S/C21H33N3O3/c1-6-23(18-9-7-8-16(2)14-18)13-11-22-19(25)17-10-12-24(15-17)20(26)27-21(3,4)5/h7-9,14,17H,6,10-13,15H2,1-5H3,(H,22,25). The first-order chi connectivity index (χ1) is 12.7. The fourth-order valence-corrected chi connectivity index (χ4v) is 3.22. The first-order valence-electron chi connectivity index (χ1n) is 9.77. The Morgan fingerprint density at radius 2 is 2.07 bits per heavy atom. The number of anilines is 1. The van der Waals surface area contributed by atoms with Crippen LogP contribution in [0.2, 0.25) is 0 Å². The van der Waals surface area contributed by atoms with Crippen LogP contribution in [0.15, 0.2) is 24.3 Å². The maximum absolute atomic E-state index is 12.5. The lowest BCUT2D eigenvalue weighted by atomic mass is 10.1. The Morgan fingerprint density at radius 3 is 2.70 bits per heavy atom. The molecule has 1 aliphatic rings. The fraction of sp³-hybridized carbons (Fsp3) is 0.619. The quantitative estimate of drug-likeness (QED) is 0.829. The molecule has 2 amide bonds. The predicted molar refractivity (Wildman–Crippen MR) is 108 cm³/mol. The number of aryl methyl sites for hydroxylation is 1. The van der Waals surface area contributed by atoms with E-state index in [1.165, 1.54) is 11.3 Å². The Hall–Kier alpha value is -2.24. The van der Waals surface area contributed by atoms with Crippen LogP contribution in [0, 0.1) is 12.8 Å². The fourth-order valence-electron chi connectivity index (χ4n) is 3.22. The summed E-state index contributed by atoms with van der Waals surface area (Å²) in [5.41, 5.74) is 1.88. The van der Waals surface area contributed by atoms with Crippen LogP contribution in [-0.2, 0) is 9.53 Å². The van der Waals surface area contributed by atoms with Gasteiger partial charge >= 0.3 is 6.09 Å². The summed E-state index contributed by atoms with van der Waals surface area (Å²) in [4.78, 5) is 28.4. The summed E-state index contributed by atoms with van der Waals surface area (Å²) in [6.45, 7) is 13.0. The van der Waals surface area contributed by atoms with E-state index in [4.69, 9.17) is 4.74 Å². The van der Waals surface area contributed by atoms with Gasteiger partial charge in [0.2, 0.25) is 5.91 Å². The van der Waals surface area contributed by atoms with Crippen molar-refractivity contribution in [3.63, 3.8) is 0 Å². The molecule has 1 saturated heterocycles. The van der Waals surface area contributed by atoms with Gasteiger partial charge in [-0.15, -0.1) is 0 Å². The molecule has 1 fully saturated rings. The van der Waals surface area contributed by atoms with Gasteiger partial charge in [0.05, 0.1) is 5.92 Å². The minimum absolute atomic E-state index is 0.0151. The third kappa shape index (κ3) is 6.45. The predicted octanol–water partition coefficient (Wildman–Crippen LogP) is 3.19. The molecule has 0 saturated carbocycles. The number of hydrogen-bond acceptors (Lipinski definition) is 4. The van der Waals surface area contributed by atoms with Gasteiger partial charge in [0, 0.05) is 38.4 Å². The second kappa shape index (κ2) is 9.11. The lowest BCUT2D eigenvalue weighted by Gasteiger charge is -2.25. The van der Waals surface area contributed by atoms with E-state index in [9.17, 15) is 9.59 Å². The molecule has 0 spiro atoms. The molecule has 1 aromatic rings. The van der Waals surface area contributed by atoms with Gasteiger partial charge in [-0.3, -0.25) is 4.79 Å². The molecule has 0 aromatic heterocycles. The molecule has 0 aliphatic carbocycles. The summed E-state index contributed by atoms with van der Waals surface area (Å²) in [6.07, 6.45) is 0.342. The van der Waals surface area contributed by atoms with Crippen molar-refractivity contribution in [2.45, 2.75) is 46.6 Å². The number of rotatable bonds is 6. The van der Waals surface area contributed by atoms with Crippen LogP contribution in [0.4, 0.5) is 10.5 Å². The zero-order chi connectivity index (χ0) is 20.0. The smallest absolute Gasteiger partial charge is 0.410 e. The number of carbonyl (C=O) groups is 2. The molecule has 1 aromatic carbocycles. The second-order valence-electron chi connectivity index (χ2n) is 8.12. The van der Waals surface area contributed by atoms with Gasteiger partial charge < -0.3 is 19.9 Å². The molecule has 27 heavy (non-hydrogen) atoms. The Labute approximate surface area is 162 Å². The SMILES string of the molecule is CCN(CCNC(=O)C1CCN(C(=O)OC(C)(C)C)C1)c1cccc(C)c1. The topological polar surface area (TPSA) is 61.9 Å². The summed E-state index contributed by atoms with van der Waals surface area (Å²) in [5, 5.41) is 3.02. The van der Waals surface area contributed by atoms with Gasteiger partial charge in [-0.1, -0.05) is 12.1 Å². The number of carbonyl (C=O) groups excluding carboxylic acids is 2. The minimum Gasteiger partial charge on any atom is -0.444 e. The van der Waals surface area contributed by atoms with Gasteiger partial charge in [0.1, 0.15) is 5.60 Å². The zero-order valence-corrected chi connectivity index (χ0v) is 17.2. The van der Waals surface area contributed by atoms with Crippen LogP contribution in [0.25, 0.3) is 0 Å². The highest BCUT2D eigenvalue weighted by atomic mass is 16.6. The molecule has 150 valence electrons. The maximum atomic E-state index is 12.5. The molecular formula is C21H33N3O3. The lowest BCUT2D eigenvalue weighted by Crippen LogP contribution is -2.40. The second-order valence-corrected chi connectivity index (χ2v) is 8.12. The summed E-state index contributed by atoms with van der Waals surface area (Å²) in [6, 6.07) is 8.38. The molecule has 1 aliphatic heterocycles. The molecular weight excluding hydrogens is 342 g/mol. The molecule has 1 heterocycles. The van der Waals surface area contributed by atoms with Crippen LogP contribution in [-0.4, -0.2) is 55.2 Å². The summed E-state index contributed by atoms with van der Waals surface area (Å²) in [7, 11) is 0. The molecule has 1 N–H and O–H groups in total. The van der Waals surface area contributed by atoms with Crippen molar-refractivity contribution in [2.24, 2.45) is 5.92 Å². The highest BCUT2D eigenvalue weighted by Gasteiger charge is 2.33. The van der Waals surface area contributed by atoms with Crippen LogP contribution < -0.4 is 10.2 Å². The third-order valence-electron chi connectivity index (χ3n) is 4.64. The Morgan fingerprint density at radius 1 is 1.33 bits per heavy atom. The van der Waals surface area contributed by atoms with Crippen molar-refractivity contribution in [1.29, 1.82) is 0 Å². The number of hydrogen-bond donors (Lipinski definition) is 1. The number of benzene rings is 1. The zero-order valence-electron chi connectivity index (χ0n) is 17.2. The Bertz CT molecular complexity index is 654. The summed E-state index contributed by atoms with van der Waals surface area (Å²) < 4.78 is 5.38. The molecule has 6 nitrogen and oxygen atoms in total. The van der Waals surface area contributed by atoms with Crippen molar-refractivity contribution in [1.82, 2.24) is 10.2 Å². The van der Waals surface area contributed by atoms with Crippen molar-refractivity contribution in [3.05, 3.63) is 29.8 Å². The van der Waals surface area contributed by atoms with E-state index in [1.54, 1.807) is 4.90 Å². The normalized spacial score (nSPS) is 16.9. The van der Waals surface area contributed by atoms with E-state index < -0.39 is 5.60 Å². The number of nitrogens with one attached hydrogen (secondary N) is 1. The van der Waals surface area contributed by atoms with E-state index >= 15 is 0 Å². The van der Waals surface area contributed by atoms with Crippen LogP contribution in [0.3, 0.4) is 0 Å². The molecule has 2 rings (SSSR count). The van der Waals surface area contributed by atoms with Crippen LogP contribution in [0.5, 0.6) is 0 Å². The molecule has 0 bridgehead atoms. The van der Waals surface area contributed by atoms with Crippen molar-refractivity contribution in [2.75, 3.05) is 37.6 Å². The van der Waals surface area contributed by atoms with Crippen LogP contribution >= 0.6 is 0 Å². The first-order valence-corrected chi connectivity index (χ1v) is 9.77. The van der Waals surface area contributed by atoms with Gasteiger partial charge in [-0.05, 0) is 58.7 Å². The highest BCUT2D eigenvalue weighted by molar-refractivity contribution is 5.80. The largest absolute Gasteiger partial charge is 0.444 e. The van der Waals surface area contributed by atoms with E-state index in [0.29, 0.717) is 26.1 Å². The Kier molecular flexibility index (Phi) is 7.11. The first kappa shape index (κ1) is 21.1. The monoisotopic (exact) mass is 375 g/mol. The van der Waals surface area contributed by atoms with Crippen molar-refractivity contribution < 1.29 is 14.3 Å². The number of likely N-dealkylation sites (tertiary alicyclic amines) is 1. The van der Waals surface area contributed by atoms with E-state index in [-0.39, 0.29) is 17.9 Å². The van der Waals surface area contributed by atoms with E-state index in [0.717, 1.165) is 13.1 Å². The minimum atomic E-state index is -0.517. The number of likely N-dealkylation sites (N-methyl/N-ethyl adjacent to an activating group) is 1. The van der Waals surface area contributed by atoms with Gasteiger partial charge in [-0.2, -0.15) is 0 Å². The average molecular weight is 376 g/mol. The number of nitrogens with zero attached hydrogens (tertiary/aromatic N) is 2. The van der Waals surface area contributed by atoms with Crippen molar-refractivity contribution >= 4 is 17.7 Å². The van der Waals surface area contributed by atoms with Gasteiger partial charge in [0.15, 0.2) is 0 Å². The average Bonchev–Trinajstić information content (AvgIpc) is 3.07. The molecule has 1 atom stereocenters. The molecule has 0 radical (unpaired) electrons. The molecule has 1 unspecified atom stereocenters. The van der Waals surface area contributed by atoms with Gasteiger partial charge in [0.25, 0.3) is 0 Å². The summed E-state index contributed by atoms with van der Waals surface area (Å²) >= 11 is 0. The van der Waals surface area contributed by atoms with Gasteiger partial charge in [-0.25, -0.2) is 4.79 Å².